The molecule has 1 fully saturated rings. The van der Waals surface area contributed by atoms with Gasteiger partial charge in [0.1, 0.15) is 17.7 Å². The van der Waals surface area contributed by atoms with E-state index in [0.29, 0.717) is 0 Å². The minimum atomic E-state index is 0. The first-order chi connectivity index (χ1) is 9.42. The number of halogens is 2. The molecule has 0 bridgehead atoms. The van der Waals surface area contributed by atoms with Gasteiger partial charge < -0.3 is 15.4 Å². The van der Waals surface area contributed by atoms with Crippen molar-refractivity contribution in [2.45, 2.75) is 6.10 Å². The summed E-state index contributed by atoms with van der Waals surface area (Å²) in [6.45, 7) is 2.44. The van der Waals surface area contributed by atoms with Crippen LogP contribution in [-0.2, 0) is 4.74 Å². The van der Waals surface area contributed by atoms with E-state index in [1.54, 1.807) is 6.20 Å². The third-order valence-corrected chi connectivity index (χ3v) is 2.95. The Morgan fingerprint density at radius 1 is 1.10 bits per heavy atom. The number of ether oxygens (including phenoxy) is 1. The Balaban J connectivity index is 0.00000110. The first-order valence-corrected chi connectivity index (χ1v) is 6.39. The van der Waals surface area contributed by atoms with Crippen molar-refractivity contribution in [3.05, 3.63) is 48.3 Å². The third-order valence-electron chi connectivity index (χ3n) is 2.95. The SMILES string of the molecule is Cl.Cl.c1ccc(Nc2cccc(C3CNCCO3)n2)nc1. The Hall–Kier alpha value is -1.40. The first-order valence-electron chi connectivity index (χ1n) is 6.39. The van der Waals surface area contributed by atoms with E-state index in [-0.39, 0.29) is 30.9 Å². The standard InChI is InChI=1S/C14H16N4O.2ClH/c1-2-7-16-13(5-1)18-14-6-3-4-11(17-14)12-10-15-8-9-19-12;;/h1-7,12,15H,8-10H2,(H,16,17,18);2*1H. The molecule has 2 N–H and O–H groups in total. The van der Waals surface area contributed by atoms with Crippen LogP contribution in [0.1, 0.15) is 11.8 Å². The molecule has 21 heavy (non-hydrogen) atoms. The molecule has 1 unspecified atom stereocenters. The molecule has 0 spiro atoms. The van der Waals surface area contributed by atoms with Gasteiger partial charge in [0.2, 0.25) is 0 Å². The molecule has 114 valence electrons. The molecule has 0 amide bonds. The lowest BCUT2D eigenvalue weighted by atomic mass is 10.2. The normalized spacial score (nSPS) is 17.2. The van der Waals surface area contributed by atoms with Gasteiger partial charge in [0.05, 0.1) is 12.3 Å². The van der Waals surface area contributed by atoms with E-state index in [1.807, 2.05) is 36.4 Å². The zero-order valence-electron chi connectivity index (χ0n) is 11.4. The van der Waals surface area contributed by atoms with E-state index in [2.05, 4.69) is 20.6 Å². The van der Waals surface area contributed by atoms with E-state index >= 15 is 0 Å². The van der Waals surface area contributed by atoms with Gasteiger partial charge in [0, 0.05) is 19.3 Å². The molecule has 1 saturated heterocycles. The average molecular weight is 329 g/mol. The Kier molecular flexibility index (Phi) is 7.39. The van der Waals surface area contributed by atoms with Crippen molar-refractivity contribution in [3.63, 3.8) is 0 Å². The van der Waals surface area contributed by atoms with E-state index in [4.69, 9.17) is 4.74 Å². The van der Waals surface area contributed by atoms with Crippen LogP contribution in [0.5, 0.6) is 0 Å². The van der Waals surface area contributed by atoms with Gasteiger partial charge in [-0.3, -0.25) is 0 Å². The maximum atomic E-state index is 5.70. The largest absolute Gasteiger partial charge is 0.369 e. The van der Waals surface area contributed by atoms with Crippen molar-refractivity contribution in [3.8, 4) is 0 Å². The van der Waals surface area contributed by atoms with Crippen LogP contribution in [-0.4, -0.2) is 29.7 Å². The number of hydrogen-bond donors (Lipinski definition) is 2. The molecule has 7 heteroatoms. The van der Waals surface area contributed by atoms with Gasteiger partial charge in [0.15, 0.2) is 0 Å². The molecule has 0 saturated carbocycles. The molecule has 1 aliphatic rings. The zero-order chi connectivity index (χ0) is 12.9. The van der Waals surface area contributed by atoms with Crippen LogP contribution in [0.4, 0.5) is 11.6 Å². The van der Waals surface area contributed by atoms with Crippen molar-refractivity contribution >= 4 is 36.4 Å². The van der Waals surface area contributed by atoms with Crippen LogP contribution < -0.4 is 10.6 Å². The Bertz CT molecular complexity index is 536. The molecule has 0 aromatic carbocycles. The predicted octanol–water partition coefficient (Wildman–Crippen LogP) is 2.72. The van der Waals surface area contributed by atoms with Crippen molar-refractivity contribution in [2.75, 3.05) is 25.0 Å². The summed E-state index contributed by atoms with van der Waals surface area (Å²) in [6, 6.07) is 11.6. The smallest absolute Gasteiger partial charge is 0.131 e. The summed E-state index contributed by atoms with van der Waals surface area (Å²) in [7, 11) is 0. The summed E-state index contributed by atoms with van der Waals surface area (Å²) in [5.41, 5.74) is 0.938. The molecule has 3 rings (SSSR count). The molecule has 0 radical (unpaired) electrons. The lowest BCUT2D eigenvalue weighted by Crippen LogP contribution is -2.33. The molecule has 5 nitrogen and oxygen atoms in total. The predicted molar refractivity (Wildman–Crippen MR) is 87.8 cm³/mol. The fourth-order valence-corrected chi connectivity index (χ4v) is 2.02. The van der Waals surface area contributed by atoms with Crippen LogP contribution in [0.3, 0.4) is 0 Å². The summed E-state index contributed by atoms with van der Waals surface area (Å²) in [4.78, 5) is 8.80. The summed E-state index contributed by atoms with van der Waals surface area (Å²) >= 11 is 0. The Morgan fingerprint density at radius 3 is 2.67 bits per heavy atom. The highest BCUT2D eigenvalue weighted by Gasteiger charge is 2.17. The fourth-order valence-electron chi connectivity index (χ4n) is 2.02. The topological polar surface area (TPSA) is 59.1 Å². The number of pyridine rings is 2. The van der Waals surface area contributed by atoms with Crippen molar-refractivity contribution in [1.82, 2.24) is 15.3 Å². The molecular formula is C14H18Cl2N4O. The minimum Gasteiger partial charge on any atom is -0.369 e. The van der Waals surface area contributed by atoms with E-state index in [0.717, 1.165) is 37.0 Å². The van der Waals surface area contributed by atoms with Gasteiger partial charge in [-0.25, -0.2) is 9.97 Å². The van der Waals surface area contributed by atoms with Crippen LogP contribution >= 0.6 is 24.8 Å². The summed E-state index contributed by atoms with van der Waals surface area (Å²) in [5, 5.41) is 6.49. The second-order valence-corrected chi connectivity index (χ2v) is 4.35. The van der Waals surface area contributed by atoms with Crippen molar-refractivity contribution < 1.29 is 4.74 Å². The number of nitrogens with zero attached hydrogens (tertiary/aromatic N) is 2. The van der Waals surface area contributed by atoms with Gasteiger partial charge >= 0.3 is 0 Å². The number of rotatable bonds is 3. The number of anilines is 2. The fraction of sp³-hybridized carbons (Fsp3) is 0.286. The highest BCUT2D eigenvalue weighted by Crippen LogP contribution is 2.19. The molecule has 2 aromatic rings. The van der Waals surface area contributed by atoms with Crippen LogP contribution in [0.2, 0.25) is 0 Å². The molecule has 3 heterocycles. The molecule has 1 aliphatic heterocycles. The molecule has 0 aliphatic carbocycles. The quantitative estimate of drug-likeness (QED) is 0.907. The van der Waals surface area contributed by atoms with E-state index < -0.39 is 0 Å². The van der Waals surface area contributed by atoms with Crippen molar-refractivity contribution in [1.29, 1.82) is 0 Å². The summed E-state index contributed by atoms with van der Waals surface area (Å²) in [6.07, 6.45) is 1.78. The minimum absolute atomic E-state index is 0. The average Bonchev–Trinajstić information content (AvgIpc) is 2.49. The molecule has 2 aromatic heterocycles. The highest BCUT2D eigenvalue weighted by atomic mass is 35.5. The van der Waals surface area contributed by atoms with Gasteiger partial charge in [-0.15, -0.1) is 24.8 Å². The maximum absolute atomic E-state index is 5.70. The monoisotopic (exact) mass is 328 g/mol. The lowest BCUT2D eigenvalue weighted by Gasteiger charge is -2.23. The van der Waals surface area contributed by atoms with Crippen LogP contribution in [0, 0.1) is 0 Å². The second-order valence-electron chi connectivity index (χ2n) is 4.35. The van der Waals surface area contributed by atoms with Gasteiger partial charge in [-0.1, -0.05) is 12.1 Å². The first kappa shape index (κ1) is 17.7. The summed E-state index contributed by atoms with van der Waals surface area (Å²) in [5.74, 6) is 1.57. The highest BCUT2D eigenvalue weighted by molar-refractivity contribution is 5.85. The van der Waals surface area contributed by atoms with E-state index in [1.165, 1.54) is 0 Å². The number of aromatic nitrogens is 2. The van der Waals surface area contributed by atoms with Crippen LogP contribution in [0.25, 0.3) is 0 Å². The van der Waals surface area contributed by atoms with Crippen molar-refractivity contribution in [2.24, 2.45) is 0 Å². The number of nitrogens with one attached hydrogen (secondary N) is 2. The second kappa shape index (κ2) is 8.79. The molecular weight excluding hydrogens is 311 g/mol. The number of hydrogen-bond acceptors (Lipinski definition) is 5. The Labute approximate surface area is 136 Å². The van der Waals surface area contributed by atoms with Gasteiger partial charge in [-0.05, 0) is 24.3 Å². The zero-order valence-corrected chi connectivity index (χ0v) is 13.0. The summed E-state index contributed by atoms with van der Waals surface area (Å²) < 4.78 is 5.70. The number of morpholine rings is 1. The van der Waals surface area contributed by atoms with E-state index in [9.17, 15) is 0 Å². The molecule has 1 atom stereocenters. The Morgan fingerprint density at radius 2 is 1.95 bits per heavy atom. The van der Waals surface area contributed by atoms with Gasteiger partial charge in [-0.2, -0.15) is 0 Å². The maximum Gasteiger partial charge on any atom is 0.131 e. The lowest BCUT2D eigenvalue weighted by molar-refractivity contribution is 0.0251. The van der Waals surface area contributed by atoms with Crippen LogP contribution in [0.15, 0.2) is 42.6 Å². The van der Waals surface area contributed by atoms with Gasteiger partial charge in [0.25, 0.3) is 0 Å². The third kappa shape index (κ3) is 4.82.